The van der Waals surface area contributed by atoms with E-state index < -0.39 is 35.0 Å². The van der Waals surface area contributed by atoms with Crippen LogP contribution in [0.3, 0.4) is 0 Å². The van der Waals surface area contributed by atoms with Crippen molar-refractivity contribution in [3.63, 3.8) is 0 Å². The number of nitrogens with zero attached hydrogens (tertiary/aromatic N) is 2. The number of β-amino-alcohol motifs (C(OH)–C–C–N with tert-alkyl or cyclic N) is 1. The van der Waals surface area contributed by atoms with Crippen LogP contribution in [0.15, 0.2) is 43.5 Å². The summed E-state index contributed by atoms with van der Waals surface area (Å²) in [5, 5.41) is 9.86. The van der Waals surface area contributed by atoms with Crippen molar-refractivity contribution in [3.05, 3.63) is 54.6 Å². The standard InChI is InChI=1S/C29H38N2O6/c1-7-9-15-36-27(35)23-22-25(33)31(13-14-32)24(29(22)17-20(5)28(23,6)37-29)26(34)30(12-8-2)21-16-18(3)10-11-19(21)4/h7-8,10-11,16,20,22-24,32H,1-2,9,12-15,17H2,3-6H3/t20?,22-,23-,24?,28+,29?/m0/s1. The quantitative estimate of drug-likeness (QED) is 0.295. The van der Waals surface area contributed by atoms with Gasteiger partial charge in [0.25, 0.3) is 5.91 Å². The molecule has 0 saturated carbocycles. The Balaban J connectivity index is 1.80. The van der Waals surface area contributed by atoms with E-state index in [0.717, 1.165) is 16.8 Å². The van der Waals surface area contributed by atoms with Crippen molar-refractivity contribution < 1.29 is 29.0 Å². The fraction of sp³-hybridized carbons (Fsp3) is 0.552. The van der Waals surface area contributed by atoms with Crippen LogP contribution in [-0.4, -0.2) is 71.3 Å². The summed E-state index contributed by atoms with van der Waals surface area (Å²) in [5.41, 5.74) is 0.492. The third-order valence-corrected chi connectivity index (χ3v) is 8.44. The lowest BCUT2D eigenvalue weighted by Gasteiger charge is -2.37. The Labute approximate surface area is 218 Å². The maximum Gasteiger partial charge on any atom is 0.312 e. The first-order valence-corrected chi connectivity index (χ1v) is 13.0. The average Bonchev–Trinajstić information content (AvgIpc) is 3.36. The van der Waals surface area contributed by atoms with Gasteiger partial charge in [0.05, 0.1) is 24.7 Å². The molecule has 3 fully saturated rings. The van der Waals surface area contributed by atoms with Crippen molar-refractivity contribution in [2.45, 2.75) is 57.8 Å². The molecule has 1 N–H and O–H groups in total. The molecule has 3 heterocycles. The molecule has 1 aromatic carbocycles. The van der Waals surface area contributed by atoms with Gasteiger partial charge in [0.15, 0.2) is 0 Å². The van der Waals surface area contributed by atoms with Gasteiger partial charge in [0, 0.05) is 18.8 Å². The number of anilines is 1. The highest BCUT2D eigenvalue weighted by atomic mass is 16.6. The van der Waals surface area contributed by atoms with Crippen molar-refractivity contribution in [1.29, 1.82) is 0 Å². The lowest BCUT2D eigenvalue weighted by molar-refractivity contribution is -0.161. The van der Waals surface area contributed by atoms with E-state index in [9.17, 15) is 19.5 Å². The molecule has 0 aliphatic carbocycles. The van der Waals surface area contributed by atoms with Gasteiger partial charge in [-0.15, -0.1) is 13.2 Å². The van der Waals surface area contributed by atoms with Crippen LogP contribution in [0.4, 0.5) is 5.69 Å². The molecule has 2 amide bonds. The van der Waals surface area contributed by atoms with Crippen LogP contribution in [-0.2, 0) is 23.9 Å². The lowest BCUT2D eigenvalue weighted by atomic mass is 9.62. The molecule has 3 aliphatic heterocycles. The molecule has 0 radical (unpaired) electrons. The second kappa shape index (κ2) is 10.1. The minimum atomic E-state index is -1.20. The maximum absolute atomic E-state index is 14.4. The first kappa shape index (κ1) is 27.1. The molecule has 200 valence electrons. The Morgan fingerprint density at radius 2 is 2.03 bits per heavy atom. The van der Waals surface area contributed by atoms with Gasteiger partial charge in [-0.2, -0.15) is 0 Å². The summed E-state index contributed by atoms with van der Waals surface area (Å²) >= 11 is 0. The van der Waals surface area contributed by atoms with Crippen molar-refractivity contribution in [2.75, 3.05) is 31.2 Å². The molecule has 1 aromatic rings. The van der Waals surface area contributed by atoms with Gasteiger partial charge in [-0.1, -0.05) is 31.2 Å². The second-order valence-corrected chi connectivity index (χ2v) is 10.7. The monoisotopic (exact) mass is 510 g/mol. The van der Waals surface area contributed by atoms with Crippen molar-refractivity contribution in [2.24, 2.45) is 17.8 Å². The van der Waals surface area contributed by atoms with Crippen LogP contribution in [0.1, 0.15) is 37.8 Å². The first-order chi connectivity index (χ1) is 17.6. The summed E-state index contributed by atoms with van der Waals surface area (Å²) in [6.07, 6.45) is 4.26. The molecule has 3 unspecified atom stereocenters. The Morgan fingerprint density at radius 1 is 1.30 bits per heavy atom. The Hall–Kier alpha value is -2.97. The predicted octanol–water partition coefficient (Wildman–Crippen LogP) is 2.94. The fourth-order valence-electron chi connectivity index (χ4n) is 6.65. The number of carbonyl (C=O) groups is 3. The summed E-state index contributed by atoms with van der Waals surface area (Å²) in [7, 11) is 0. The number of amides is 2. The number of aryl methyl sites for hydroxylation is 2. The molecule has 6 atom stereocenters. The van der Waals surface area contributed by atoms with Gasteiger partial charge in [0.2, 0.25) is 5.91 Å². The third kappa shape index (κ3) is 4.10. The minimum Gasteiger partial charge on any atom is -0.465 e. The molecule has 3 aliphatic rings. The highest BCUT2D eigenvalue weighted by Crippen LogP contribution is 2.65. The zero-order chi connectivity index (χ0) is 27.1. The number of hydrogen-bond donors (Lipinski definition) is 1. The van der Waals surface area contributed by atoms with Crippen molar-refractivity contribution in [3.8, 4) is 0 Å². The molecule has 3 saturated heterocycles. The number of likely N-dealkylation sites (tertiary alicyclic amines) is 1. The summed E-state index contributed by atoms with van der Waals surface area (Å²) in [5.74, 6) is -2.96. The number of aliphatic hydroxyl groups excluding tert-OH is 1. The number of benzene rings is 1. The molecule has 0 aromatic heterocycles. The predicted molar refractivity (Wildman–Crippen MR) is 140 cm³/mol. The van der Waals surface area contributed by atoms with Crippen molar-refractivity contribution >= 4 is 23.5 Å². The van der Waals surface area contributed by atoms with E-state index in [1.807, 2.05) is 45.9 Å². The van der Waals surface area contributed by atoms with Crippen LogP contribution in [0, 0.1) is 31.6 Å². The van der Waals surface area contributed by atoms with Crippen LogP contribution in [0.5, 0.6) is 0 Å². The molecular formula is C29H38N2O6. The van der Waals surface area contributed by atoms with E-state index in [1.54, 1.807) is 17.1 Å². The highest BCUT2D eigenvalue weighted by Gasteiger charge is 2.80. The van der Waals surface area contributed by atoms with Gasteiger partial charge in [-0.25, -0.2) is 0 Å². The zero-order valence-corrected chi connectivity index (χ0v) is 22.2. The van der Waals surface area contributed by atoms with E-state index in [2.05, 4.69) is 13.2 Å². The van der Waals surface area contributed by atoms with Gasteiger partial charge in [-0.3, -0.25) is 14.4 Å². The van der Waals surface area contributed by atoms with Crippen molar-refractivity contribution in [1.82, 2.24) is 4.90 Å². The van der Waals surface area contributed by atoms with Crippen LogP contribution in [0.2, 0.25) is 0 Å². The van der Waals surface area contributed by atoms with E-state index >= 15 is 0 Å². The molecule has 1 spiro atoms. The zero-order valence-electron chi connectivity index (χ0n) is 22.2. The number of aliphatic hydroxyl groups is 1. The van der Waals surface area contributed by atoms with E-state index in [0.29, 0.717) is 12.8 Å². The summed E-state index contributed by atoms with van der Waals surface area (Å²) < 4.78 is 12.2. The number of esters is 1. The van der Waals surface area contributed by atoms with E-state index in [-0.39, 0.29) is 44.0 Å². The number of hydrogen-bond acceptors (Lipinski definition) is 6. The third-order valence-electron chi connectivity index (χ3n) is 8.44. The minimum absolute atomic E-state index is 0.0328. The number of fused-ring (bicyclic) bond motifs is 1. The summed E-state index contributed by atoms with van der Waals surface area (Å²) in [6.45, 7) is 15.3. The van der Waals surface area contributed by atoms with Gasteiger partial charge in [-0.05, 0) is 56.7 Å². The number of ether oxygens (including phenoxy) is 2. The Kier molecular flexibility index (Phi) is 7.36. The fourth-order valence-corrected chi connectivity index (χ4v) is 6.65. The molecule has 4 rings (SSSR count). The van der Waals surface area contributed by atoms with Gasteiger partial charge >= 0.3 is 5.97 Å². The van der Waals surface area contributed by atoms with Crippen LogP contribution >= 0.6 is 0 Å². The van der Waals surface area contributed by atoms with E-state index in [1.165, 1.54) is 4.90 Å². The smallest absolute Gasteiger partial charge is 0.312 e. The molecule has 2 bridgehead atoms. The SMILES string of the molecule is C=CCCOC(=O)[C@@H]1[C@H]2C(=O)N(CCO)C(C(=O)N(CC=C)c3cc(C)ccc3C)C23CC(C)[C@@]1(C)O3. The second-order valence-electron chi connectivity index (χ2n) is 10.7. The number of rotatable bonds is 10. The highest BCUT2D eigenvalue weighted by molar-refractivity contribution is 6.05. The molecular weight excluding hydrogens is 472 g/mol. The van der Waals surface area contributed by atoms with Crippen LogP contribution in [0.25, 0.3) is 0 Å². The molecule has 8 nitrogen and oxygen atoms in total. The number of carbonyl (C=O) groups excluding carboxylic acids is 3. The van der Waals surface area contributed by atoms with E-state index in [4.69, 9.17) is 9.47 Å². The summed E-state index contributed by atoms with van der Waals surface area (Å²) in [4.78, 5) is 44.8. The topological polar surface area (TPSA) is 96.4 Å². The normalized spacial score (nSPS) is 31.8. The lowest BCUT2D eigenvalue weighted by Crippen LogP contribution is -2.57. The molecule has 8 heteroatoms. The largest absolute Gasteiger partial charge is 0.465 e. The first-order valence-electron chi connectivity index (χ1n) is 13.0. The Morgan fingerprint density at radius 3 is 2.68 bits per heavy atom. The van der Waals surface area contributed by atoms with Gasteiger partial charge in [0.1, 0.15) is 17.6 Å². The maximum atomic E-state index is 14.4. The average molecular weight is 511 g/mol. The Bertz CT molecular complexity index is 1120. The summed E-state index contributed by atoms with van der Waals surface area (Å²) in [6, 6.07) is 4.88. The van der Waals surface area contributed by atoms with Crippen LogP contribution < -0.4 is 4.90 Å². The molecule has 37 heavy (non-hydrogen) atoms. The van der Waals surface area contributed by atoms with Gasteiger partial charge < -0.3 is 24.4 Å².